The molecule has 0 radical (unpaired) electrons. The fourth-order valence-electron chi connectivity index (χ4n) is 1.99. The highest BCUT2D eigenvalue weighted by Crippen LogP contribution is 2.14. The smallest absolute Gasteiger partial charge is 0.202 e. The van der Waals surface area contributed by atoms with Crippen LogP contribution < -0.4 is 5.32 Å². The Morgan fingerprint density at radius 2 is 1.91 bits per heavy atom. The molecule has 0 aliphatic heterocycles. The zero-order chi connectivity index (χ0) is 16.2. The maximum Gasteiger partial charge on any atom is 0.202 e. The molecule has 2 aromatic rings. The largest absolute Gasteiger partial charge is 0.360 e. The van der Waals surface area contributed by atoms with Gasteiger partial charge in [-0.2, -0.15) is 4.37 Å². The minimum Gasteiger partial charge on any atom is -0.360 e. The molecule has 1 heterocycles. The topological polar surface area (TPSA) is 72.0 Å². The molecule has 22 heavy (non-hydrogen) atoms. The molecular weight excluding hydrogens is 318 g/mol. The van der Waals surface area contributed by atoms with E-state index in [1.807, 2.05) is 12.1 Å². The molecule has 0 saturated heterocycles. The summed E-state index contributed by atoms with van der Waals surface area (Å²) in [7, 11) is -3.12. The highest BCUT2D eigenvalue weighted by molar-refractivity contribution is 7.90. The second kappa shape index (κ2) is 7.19. The van der Waals surface area contributed by atoms with Crippen molar-refractivity contribution in [3.63, 3.8) is 0 Å². The fourth-order valence-corrected chi connectivity index (χ4v) is 3.24. The van der Waals surface area contributed by atoms with Crippen LogP contribution in [-0.2, 0) is 22.7 Å². The highest BCUT2D eigenvalue weighted by atomic mass is 32.2. The van der Waals surface area contributed by atoms with E-state index in [-0.39, 0.29) is 0 Å². The van der Waals surface area contributed by atoms with Gasteiger partial charge in [0.15, 0.2) is 9.84 Å². The summed E-state index contributed by atoms with van der Waals surface area (Å²) in [4.78, 5) is 4.80. The molecule has 7 heteroatoms. The van der Waals surface area contributed by atoms with Crippen LogP contribution in [0.25, 0.3) is 0 Å². The van der Waals surface area contributed by atoms with Gasteiger partial charge in [-0.05, 0) is 30.0 Å². The molecule has 5 nitrogen and oxygen atoms in total. The van der Waals surface area contributed by atoms with Gasteiger partial charge in [0, 0.05) is 30.8 Å². The second-order valence-electron chi connectivity index (χ2n) is 5.71. The SMILES string of the molecule is CC(C)Cc1nsc(NCCc2ccc(S(C)(=O)=O)cc2)n1. The number of sulfone groups is 1. The first kappa shape index (κ1) is 16.9. The van der Waals surface area contributed by atoms with Gasteiger partial charge in [0.1, 0.15) is 5.82 Å². The van der Waals surface area contributed by atoms with E-state index >= 15 is 0 Å². The molecule has 0 bridgehead atoms. The molecule has 2 rings (SSSR count). The molecule has 0 saturated carbocycles. The van der Waals surface area contributed by atoms with Crippen molar-refractivity contribution in [1.82, 2.24) is 9.36 Å². The van der Waals surface area contributed by atoms with E-state index in [9.17, 15) is 8.42 Å². The van der Waals surface area contributed by atoms with Gasteiger partial charge in [-0.1, -0.05) is 26.0 Å². The first-order valence-corrected chi connectivity index (χ1v) is 9.86. The molecule has 1 aromatic heterocycles. The lowest BCUT2D eigenvalue weighted by Crippen LogP contribution is -2.05. The summed E-state index contributed by atoms with van der Waals surface area (Å²) in [6.07, 6.45) is 2.92. The number of anilines is 1. The van der Waals surface area contributed by atoms with E-state index in [4.69, 9.17) is 0 Å². The van der Waals surface area contributed by atoms with Crippen LogP contribution in [-0.4, -0.2) is 30.6 Å². The Bertz CT molecular complexity index is 707. The Labute approximate surface area is 135 Å². The van der Waals surface area contributed by atoms with Gasteiger partial charge in [-0.3, -0.25) is 0 Å². The van der Waals surface area contributed by atoms with Crippen molar-refractivity contribution in [3.05, 3.63) is 35.7 Å². The van der Waals surface area contributed by atoms with Crippen molar-refractivity contribution in [2.45, 2.75) is 31.6 Å². The zero-order valence-electron chi connectivity index (χ0n) is 13.0. The third kappa shape index (κ3) is 5.06. The molecule has 0 fully saturated rings. The Morgan fingerprint density at radius 1 is 1.23 bits per heavy atom. The molecule has 0 spiro atoms. The summed E-state index contributed by atoms with van der Waals surface area (Å²) < 4.78 is 27.1. The van der Waals surface area contributed by atoms with Gasteiger partial charge >= 0.3 is 0 Å². The summed E-state index contributed by atoms with van der Waals surface area (Å²) in [6, 6.07) is 7.00. The lowest BCUT2D eigenvalue weighted by atomic mass is 10.1. The molecule has 0 atom stereocenters. The number of hydrogen-bond acceptors (Lipinski definition) is 6. The predicted molar refractivity (Wildman–Crippen MR) is 90.2 cm³/mol. The first-order chi connectivity index (χ1) is 10.3. The Hall–Kier alpha value is -1.47. The Kier molecular flexibility index (Phi) is 5.52. The van der Waals surface area contributed by atoms with E-state index in [0.29, 0.717) is 10.8 Å². The molecule has 0 amide bonds. The van der Waals surface area contributed by atoms with Crippen molar-refractivity contribution < 1.29 is 8.42 Å². The van der Waals surface area contributed by atoms with E-state index in [1.54, 1.807) is 12.1 Å². The number of nitrogens with zero attached hydrogens (tertiary/aromatic N) is 2. The molecule has 0 unspecified atom stereocenters. The Morgan fingerprint density at radius 3 is 2.50 bits per heavy atom. The predicted octanol–water partition coefficient (Wildman–Crippen LogP) is 2.79. The summed E-state index contributed by atoms with van der Waals surface area (Å²) in [5.41, 5.74) is 1.09. The van der Waals surface area contributed by atoms with E-state index in [2.05, 4.69) is 28.5 Å². The average Bonchev–Trinajstić information content (AvgIpc) is 2.85. The lowest BCUT2D eigenvalue weighted by molar-refractivity contribution is 0.602. The first-order valence-electron chi connectivity index (χ1n) is 7.20. The van der Waals surface area contributed by atoms with Gasteiger partial charge in [0.2, 0.25) is 5.13 Å². The van der Waals surface area contributed by atoms with Crippen LogP contribution in [0.3, 0.4) is 0 Å². The molecular formula is C15H21N3O2S2. The quantitative estimate of drug-likeness (QED) is 0.840. The normalized spacial score (nSPS) is 11.8. The summed E-state index contributed by atoms with van der Waals surface area (Å²) >= 11 is 1.38. The van der Waals surface area contributed by atoms with Crippen LogP contribution >= 0.6 is 11.5 Å². The lowest BCUT2D eigenvalue weighted by Gasteiger charge is -2.04. The summed E-state index contributed by atoms with van der Waals surface area (Å²) in [5, 5.41) is 4.09. The number of rotatable bonds is 7. The number of aromatic nitrogens is 2. The molecule has 1 N–H and O–H groups in total. The van der Waals surface area contributed by atoms with Gasteiger partial charge in [0.25, 0.3) is 0 Å². The third-order valence-corrected chi connectivity index (χ3v) is 4.94. The molecule has 1 aromatic carbocycles. The highest BCUT2D eigenvalue weighted by Gasteiger charge is 2.07. The van der Waals surface area contributed by atoms with Crippen LogP contribution in [0.5, 0.6) is 0 Å². The number of nitrogens with one attached hydrogen (secondary N) is 1. The van der Waals surface area contributed by atoms with Crippen molar-refractivity contribution in [2.75, 3.05) is 18.1 Å². The monoisotopic (exact) mass is 339 g/mol. The van der Waals surface area contributed by atoms with E-state index < -0.39 is 9.84 Å². The Balaban J connectivity index is 1.85. The zero-order valence-corrected chi connectivity index (χ0v) is 14.7. The van der Waals surface area contributed by atoms with Gasteiger partial charge in [0.05, 0.1) is 4.90 Å². The molecule has 0 aliphatic carbocycles. The van der Waals surface area contributed by atoms with Crippen LogP contribution in [0.4, 0.5) is 5.13 Å². The van der Waals surface area contributed by atoms with Crippen LogP contribution in [0.1, 0.15) is 25.2 Å². The van der Waals surface area contributed by atoms with Crippen molar-refractivity contribution in [1.29, 1.82) is 0 Å². The fraction of sp³-hybridized carbons (Fsp3) is 0.467. The maximum atomic E-state index is 11.4. The molecule has 0 aliphatic rings. The molecule has 120 valence electrons. The maximum absolute atomic E-state index is 11.4. The number of benzene rings is 1. The summed E-state index contributed by atoms with van der Waals surface area (Å²) in [5.74, 6) is 1.44. The van der Waals surface area contributed by atoms with E-state index in [0.717, 1.165) is 35.9 Å². The minimum absolute atomic E-state index is 0.353. The second-order valence-corrected chi connectivity index (χ2v) is 8.47. The standard InChI is InChI=1S/C15H21N3O2S2/c1-11(2)10-14-17-15(21-18-14)16-9-8-12-4-6-13(7-5-12)22(3,19)20/h4-7,11H,8-10H2,1-3H3,(H,16,17,18). The van der Waals surface area contributed by atoms with Crippen LogP contribution in [0.2, 0.25) is 0 Å². The van der Waals surface area contributed by atoms with Gasteiger partial charge in [-0.15, -0.1) is 0 Å². The van der Waals surface area contributed by atoms with Crippen molar-refractivity contribution in [3.8, 4) is 0 Å². The van der Waals surface area contributed by atoms with Gasteiger partial charge in [-0.25, -0.2) is 13.4 Å². The number of hydrogen-bond donors (Lipinski definition) is 1. The van der Waals surface area contributed by atoms with Gasteiger partial charge < -0.3 is 5.32 Å². The summed E-state index contributed by atoms with van der Waals surface area (Å²) in [6.45, 7) is 5.04. The van der Waals surface area contributed by atoms with Crippen LogP contribution in [0.15, 0.2) is 29.2 Å². The van der Waals surface area contributed by atoms with Crippen LogP contribution in [0, 0.1) is 5.92 Å². The third-order valence-electron chi connectivity index (χ3n) is 3.10. The van der Waals surface area contributed by atoms with E-state index in [1.165, 1.54) is 17.8 Å². The minimum atomic E-state index is -3.12. The van der Waals surface area contributed by atoms with Crippen molar-refractivity contribution in [2.24, 2.45) is 5.92 Å². The average molecular weight is 339 g/mol. The van der Waals surface area contributed by atoms with Crippen molar-refractivity contribution >= 4 is 26.5 Å².